The van der Waals surface area contributed by atoms with E-state index in [1.807, 2.05) is 30.3 Å². The van der Waals surface area contributed by atoms with E-state index in [-0.39, 0.29) is 44.3 Å². The summed E-state index contributed by atoms with van der Waals surface area (Å²) in [5, 5.41) is 0. The lowest BCUT2D eigenvalue weighted by Crippen LogP contribution is -2.10. The highest BCUT2D eigenvalue weighted by Crippen LogP contribution is 2.47. The zero-order valence-corrected chi connectivity index (χ0v) is 25.6. The Morgan fingerprint density at radius 1 is 0.681 bits per heavy atom. The first-order valence-electron chi connectivity index (χ1n) is 15.3. The molecule has 0 aromatic heterocycles. The fourth-order valence-corrected chi connectivity index (χ4v) is 5.22. The van der Waals surface area contributed by atoms with Gasteiger partial charge in [-0.15, -0.1) is 0 Å². The number of halogens is 1. The van der Waals surface area contributed by atoms with Gasteiger partial charge in [-0.2, -0.15) is 0 Å². The number of hydrogen-bond acceptors (Lipinski definition) is 10. The third kappa shape index (κ3) is 7.83. The molecule has 0 bridgehead atoms. The van der Waals surface area contributed by atoms with E-state index in [2.05, 4.69) is 6.92 Å². The second kappa shape index (κ2) is 14.0. The van der Waals surface area contributed by atoms with Gasteiger partial charge in [0.2, 0.25) is 6.79 Å². The molecule has 2 heterocycles. The summed E-state index contributed by atoms with van der Waals surface area (Å²) >= 11 is 0. The van der Waals surface area contributed by atoms with Crippen molar-refractivity contribution < 1.29 is 51.8 Å². The van der Waals surface area contributed by atoms with Crippen LogP contribution in [0.25, 0.3) is 11.1 Å². The summed E-state index contributed by atoms with van der Waals surface area (Å²) in [6, 6.07) is 22.5. The lowest BCUT2D eigenvalue weighted by molar-refractivity contribution is 0.00613. The van der Waals surface area contributed by atoms with Crippen molar-refractivity contribution in [3.63, 3.8) is 0 Å². The molecule has 244 valence electrons. The molecule has 47 heavy (non-hydrogen) atoms. The number of esters is 1. The van der Waals surface area contributed by atoms with E-state index in [1.165, 1.54) is 12.1 Å². The average molecular weight is 645 g/mol. The number of epoxide rings is 2. The van der Waals surface area contributed by atoms with Crippen LogP contribution in [0.4, 0.5) is 4.39 Å². The normalized spacial score (nSPS) is 18.6. The maximum atomic E-state index is 14.4. The van der Waals surface area contributed by atoms with Crippen molar-refractivity contribution in [3.05, 3.63) is 101 Å². The molecular weight excluding hydrogens is 611 g/mol. The minimum Gasteiger partial charge on any atom is -0.468 e. The van der Waals surface area contributed by atoms with Gasteiger partial charge in [0.05, 0.1) is 32.0 Å². The van der Waals surface area contributed by atoms with Gasteiger partial charge in [0.1, 0.15) is 35.2 Å². The highest BCUT2D eigenvalue weighted by atomic mass is 19.1. The smallest absolute Gasteiger partial charge is 0.343 e. The minimum absolute atomic E-state index is 0.0377. The van der Waals surface area contributed by atoms with Crippen LogP contribution in [0.5, 0.6) is 28.7 Å². The lowest BCUT2D eigenvalue weighted by Gasteiger charge is -2.12. The third-order valence-electron chi connectivity index (χ3n) is 7.94. The second-order valence-electron chi connectivity index (χ2n) is 11.3. The first-order chi connectivity index (χ1) is 23.0. The van der Waals surface area contributed by atoms with Crippen LogP contribution in [0.3, 0.4) is 0 Å². The van der Waals surface area contributed by atoms with Gasteiger partial charge in [0.25, 0.3) is 0 Å². The molecule has 3 aliphatic rings. The van der Waals surface area contributed by atoms with E-state index in [1.54, 1.807) is 36.4 Å². The Morgan fingerprint density at radius 3 is 1.85 bits per heavy atom. The molecule has 2 saturated heterocycles. The number of ether oxygens (including phenoxy) is 9. The predicted molar refractivity (Wildman–Crippen MR) is 166 cm³/mol. The quantitative estimate of drug-likeness (QED) is 0.0467. The van der Waals surface area contributed by atoms with Crippen molar-refractivity contribution in [1.29, 1.82) is 0 Å². The molecule has 0 amide bonds. The molecule has 11 heteroatoms. The van der Waals surface area contributed by atoms with Crippen molar-refractivity contribution in [1.82, 2.24) is 0 Å². The minimum atomic E-state index is -0.563. The van der Waals surface area contributed by atoms with E-state index in [0.29, 0.717) is 48.4 Å². The first kappa shape index (κ1) is 30.9. The summed E-state index contributed by atoms with van der Waals surface area (Å²) < 4.78 is 63.2. The summed E-state index contributed by atoms with van der Waals surface area (Å²) in [6.45, 7) is 4.37. The summed E-state index contributed by atoms with van der Waals surface area (Å²) in [4.78, 5) is 12.9. The van der Waals surface area contributed by atoms with Crippen molar-refractivity contribution in [2.24, 2.45) is 0 Å². The standard InChI is InChI=1S/C36H33FO10/c1-22-32-12-25(44-21-45-26-8-11-35(34(37)14-26)46-20-40-16-29-18-42-29)6-9-30(32)31-10-7-27(13-33(22)31)47-36(38)23-2-4-24(5-3-23)43-19-39-15-28-17-41-28/h2-14,22,28-29H,15-21H2,1H3. The molecular formula is C36H33FO10. The number of carbonyl (C=O) groups excluding carboxylic acids is 1. The van der Waals surface area contributed by atoms with Gasteiger partial charge in [-0.05, 0) is 82.9 Å². The van der Waals surface area contributed by atoms with Crippen LogP contribution in [-0.2, 0) is 18.9 Å². The van der Waals surface area contributed by atoms with Crippen LogP contribution in [0.1, 0.15) is 34.3 Å². The van der Waals surface area contributed by atoms with Gasteiger partial charge in [-0.1, -0.05) is 19.1 Å². The number of benzene rings is 4. The first-order valence-corrected chi connectivity index (χ1v) is 15.3. The molecule has 10 nitrogen and oxygen atoms in total. The zero-order valence-electron chi connectivity index (χ0n) is 25.6. The van der Waals surface area contributed by atoms with Crippen LogP contribution in [0, 0.1) is 5.82 Å². The van der Waals surface area contributed by atoms with E-state index < -0.39 is 11.8 Å². The van der Waals surface area contributed by atoms with Crippen molar-refractivity contribution in [2.75, 3.05) is 46.8 Å². The van der Waals surface area contributed by atoms with Gasteiger partial charge in [-0.25, -0.2) is 9.18 Å². The van der Waals surface area contributed by atoms with Crippen LogP contribution in [-0.4, -0.2) is 65.0 Å². The maximum absolute atomic E-state index is 14.4. The van der Waals surface area contributed by atoms with Crippen molar-refractivity contribution in [2.45, 2.75) is 25.0 Å². The highest BCUT2D eigenvalue weighted by Gasteiger charge is 2.27. The zero-order chi connectivity index (χ0) is 32.2. The molecule has 7 rings (SSSR count). The lowest BCUT2D eigenvalue weighted by atomic mass is 9.99. The molecule has 0 N–H and O–H groups in total. The Labute approximate surface area is 270 Å². The Morgan fingerprint density at radius 2 is 1.21 bits per heavy atom. The average Bonchev–Trinajstić information content (AvgIpc) is 4.03. The topological polar surface area (TPSA) is 107 Å². The molecule has 4 aromatic carbocycles. The largest absolute Gasteiger partial charge is 0.468 e. The van der Waals surface area contributed by atoms with Crippen LogP contribution in [0.2, 0.25) is 0 Å². The molecule has 0 radical (unpaired) electrons. The highest BCUT2D eigenvalue weighted by molar-refractivity contribution is 5.91. The van der Waals surface area contributed by atoms with Gasteiger partial charge < -0.3 is 42.6 Å². The van der Waals surface area contributed by atoms with Gasteiger partial charge in [0.15, 0.2) is 25.2 Å². The van der Waals surface area contributed by atoms with E-state index in [4.69, 9.17) is 42.6 Å². The summed E-state index contributed by atoms with van der Waals surface area (Å²) in [7, 11) is 0. The van der Waals surface area contributed by atoms with Crippen LogP contribution >= 0.6 is 0 Å². The number of hydrogen-bond donors (Lipinski definition) is 0. The molecule has 2 aliphatic heterocycles. The summed E-state index contributed by atoms with van der Waals surface area (Å²) in [5.41, 5.74) is 4.67. The Balaban J connectivity index is 0.903. The van der Waals surface area contributed by atoms with E-state index in [9.17, 15) is 9.18 Å². The fraction of sp³-hybridized carbons (Fsp3) is 0.306. The van der Waals surface area contributed by atoms with E-state index in [0.717, 1.165) is 28.9 Å². The van der Waals surface area contributed by atoms with Gasteiger partial charge >= 0.3 is 5.97 Å². The number of carbonyl (C=O) groups is 1. The molecule has 0 saturated carbocycles. The van der Waals surface area contributed by atoms with Crippen LogP contribution in [0.15, 0.2) is 78.9 Å². The molecule has 2 fully saturated rings. The summed E-state index contributed by atoms with van der Waals surface area (Å²) in [5.74, 6) is 1.05. The molecule has 1 aliphatic carbocycles. The monoisotopic (exact) mass is 644 g/mol. The second-order valence-corrected chi connectivity index (χ2v) is 11.3. The Kier molecular flexibility index (Phi) is 9.20. The van der Waals surface area contributed by atoms with E-state index >= 15 is 0 Å². The van der Waals surface area contributed by atoms with Gasteiger partial charge in [-0.3, -0.25) is 0 Å². The molecule has 0 spiro atoms. The number of fused-ring (bicyclic) bond motifs is 3. The third-order valence-corrected chi connectivity index (χ3v) is 7.94. The molecule has 3 unspecified atom stereocenters. The summed E-state index contributed by atoms with van der Waals surface area (Å²) in [6.07, 6.45) is 0.290. The molecule has 3 atom stereocenters. The van der Waals surface area contributed by atoms with Crippen molar-refractivity contribution >= 4 is 5.97 Å². The SMILES string of the molecule is CC1c2cc(OCOc3ccc(OCOCC4CO4)c(F)c3)ccc2-c2ccc(OC(=O)c3ccc(OCOCC4CO4)cc3)cc21. The fourth-order valence-electron chi connectivity index (χ4n) is 5.22. The van der Waals surface area contributed by atoms with Crippen molar-refractivity contribution in [3.8, 4) is 39.9 Å². The van der Waals surface area contributed by atoms with Gasteiger partial charge in [0, 0.05) is 12.0 Å². The maximum Gasteiger partial charge on any atom is 0.343 e. The van der Waals surface area contributed by atoms with Crippen LogP contribution < -0.4 is 23.7 Å². The Hall–Kier alpha value is -4.68. The predicted octanol–water partition coefficient (Wildman–Crippen LogP) is 6.10. The number of rotatable bonds is 16. The molecule has 4 aromatic rings. The Bertz CT molecular complexity index is 1720.